The van der Waals surface area contributed by atoms with Gasteiger partial charge in [0.2, 0.25) is 0 Å². The lowest BCUT2D eigenvalue weighted by atomic mass is 10.3. The van der Waals surface area contributed by atoms with Crippen molar-refractivity contribution in [3.8, 4) is 0 Å². The molecule has 0 aliphatic rings. The van der Waals surface area contributed by atoms with Crippen molar-refractivity contribution >= 4 is 27.5 Å². The van der Waals surface area contributed by atoms with Gasteiger partial charge in [-0.15, -0.1) is 11.3 Å². The van der Waals surface area contributed by atoms with E-state index in [4.69, 9.17) is 4.74 Å². The van der Waals surface area contributed by atoms with Gasteiger partial charge in [0.25, 0.3) is 5.56 Å². The van der Waals surface area contributed by atoms with Gasteiger partial charge in [-0.25, -0.2) is 4.98 Å². The van der Waals surface area contributed by atoms with Gasteiger partial charge in [-0.05, 0) is 26.3 Å². The van der Waals surface area contributed by atoms with Crippen LogP contribution in [0.1, 0.15) is 30.5 Å². The van der Waals surface area contributed by atoms with Crippen LogP contribution in [0.15, 0.2) is 10.9 Å². The number of aryl methyl sites for hydroxylation is 2. The molecule has 5 nitrogen and oxygen atoms in total. The van der Waals surface area contributed by atoms with Crippen molar-refractivity contribution in [3.63, 3.8) is 0 Å². The average molecular weight is 294 g/mol. The summed E-state index contributed by atoms with van der Waals surface area (Å²) in [5, 5.41) is 0.569. The van der Waals surface area contributed by atoms with E-state index >= 15 is 0 Å². The monoisotopic (exact) mass is 294 g/mol. The summed E-state index contributed by atoms with van der Waals surface area (Å²) in [4.78, 5) is 30.2. The smallest absolute Gasteiger partial charge is 0.326 e. The van der Waals surface area contributed by atoms with E-state index in [1.165, 1.54) is 15.9 Å². The third-order valence-electron chi connectivity index (χ3n) is 3.01. The first kappa shape index (κ1) is 14.7. The number of thiophene rings is 1. The highest BCUT2D eigenvalue weighted by atomic mass is 32.1. The Hall–Kier alpha value is -1.69. The van der Waals surface area contributed by atoms with E-state index in [0.29, 0.717) is 17.8 Å². The molecular formula is C14H18N2O3S. The van der Waals surface area contributed by atoms with E-state index in [1.54, 1.807) is 6.92 Å². The van der Waals surface area contributed by atoms with E-state index < -0.39 is 5.97 Å². The molecule has 0 bridgehead atoms. The molecule has 2 rings (SSSR count). The van der Waals surface area contributed by atoms with Gasteiger partial charge in [0.05, 0.1) is 12.0 Å². The molecule has 0 saturated heterocycles. The van der Waals surface area contributed by atoms with Gasteiger partial charge in [-0.2, -0.15) is 0 Å². The Bertz CT molecular complexity index is 688. The molecule has 0 N–H and O–H groups in total. The maximum atomic E-state index is 12.3. The summed E-state index contributed by atoms with van der Waals surface area (Å²) >= 11 is 1.48. The summed E-state index contributed by atoms with van der Waals surface area (Å²) in [6.45, 7) is 6.02. The predicted molar refractivity (Wildman–Crippen MR) is 79.2 cm³/mol. The maximum Gasteiger partial charge on any atom is 0.326 e. The normalized spacial score (nSPS) is 10.9. The summed E-state index contributed by atoms with van der Waals surface area (Å²) in [5.41, 5.74) is -0.177. The number of esters is 1. The molecule has 2 aromatic rings. The van der Waals surface area contributed by atoms with Crippen LogP contribution in [-0.2, 0) is 16.1 Å². The van der Waals surface area contributed by atoms with Gasteiger partial charge in [-0.1, -0.05) is 13.3 Å². The summed E-state index contributed by atoms with van der Waals surface area (Å²) in [6.07, 6.45) is 1.80. The zero-order chi connectivity index (χ0) is 14.7. The topological polar surface area (TPSA) is 61.2 Å². The summed E-state index contributed by atoms with van der Waals surface area (Å²) in [6, 6.07) is 1.81. The molecule has 0 radical (unpaired) electrons. The van der Waals surface area contributed by atoms with Crippen molar-refractivity contribution in [2.45, 2.75) is 40.2 Å². The lowest BCUT2D eigenvalue weighted by molar-refractivity contribution is -0.144. The molecule has 2 aromatic heterocycles. The zero-order valence-corrected chi connectivity index (χ0v) is 12.7. The summed E-state index contributed by atoms with van der Waals surface area (Å²) in [5.74, 6) is 0.147. The van der Waals surface area contributed by atoms with E-state index in [-0.39, 0.29) is 12.1 Å². The number of rotatable bonds is 5. The Balaban J connectivity index is 2.25. The molecule has 0 fully saturated rings. The van der Waals surface area contributed by atoms with Crippen molar-refractivity contribution in [1.29, 1.82) is 0 Å². The summed E-state index contributed by atoms with van der Waals surface area (Å²) < 4.78 is 6.47. The zero-order valence-electron chi connectivity index (χ0n) is 11.9. The first-order valence-corrected chi connectivity index (χ1v) is 7.47. The van der Waals surface area contributed by atoms with Crippen LogP contribution in [0, 0.1) is 13.8 Å². The van der Waals surface area contributed by atoms with Crippen molar-refractivity contribution in [2.75, 3.05) is 6.61 Å². The number of nitrogens with zero attached hydrogens (tertiary/aromatic N) is 2. The van der Waals surface area contributed by atoms with Crippen LogP contribution >= 0.6 is 11.3 Å². The third kappa shape index (κ3) is 3.07. The van der Waals surface area contributed by atoms with Gasteiger partial charge in [0, 0.05) is 4.88 Å². The van der Waals surface area contributed by atoms with E-state index in [9.17, 15) is 9.59 Å². The van der Waals surface area contributed by atoms with Gasteiger partial charge in [-0.3, -0.25) is 14.2 Å². The van der Waals surface area contributed by atoms with Crippen LogP contribution in [-0.4, -0.2) is 22.1 Å². The minimum Gasteiger partial charge on any atom is -0.464 e. The fourth-order valence-corrected chi connectivity index (χ4v) is 2.84. The second kappa shape index (κ2) is 6.17. The first-order chi connectivity index (χ1) is 9.52. The van der Waals surface area contributed by atoms with Gasteiger partial charge >= 0.3 is 5.97 Å². The molecule has 0 unspecified atom stereocenters. The number of aromatic nitrogens is 2. The molecule has 108 valence electrons. The highest BCUT2D eigenvalue weighted by Crippen LogP contribution is 2.20. The standard InChI is InChI=1S/C14H18N2O3S/c1-4-5-6-19-12(17)8-16-10(3)15-13-11(14(16)18)7-9(2)20-13/h7H,4-6,8H2,1-3H3. The minimum absolute atomic E-state index is 0.0772. The molecule has 0 saturated carbocycles. The lowest BCUT2D eigenvalue weighted by Crippen LogP contribution is -2.28. The largest absolute Gasteiger partial charge is 0.464 e. The number of fused-ring (bicyclic) bond motifs is 1. The van der Waals surface area contributed by atoms with Crippen LogP contribution in [0.4, 0.5) is 0 Å². The molecule has 0 aliphatic heterocycles. The van der Waals surface area contributed by atoms with Crippen LogP contribution in [0.3, 0.4) is 0 Å². The summed E-state index contributed by atoms with van der Waals surface area (Å²) in [7, 11) is 0. The Morgan fingerprint density at radius 3 is 2.90 bits per heavy atom. The molecule has 0 spiro atoms. The molecule has 0 aliphatic carbocycles. The van der Waals surface area contributed by atoms with Gasteiger partial charge < -0.3 is 4.74 Å². The Morgan fingerprint density at radius 2 is 2.20 bits per heavy atom. The number of carbonyl (C=O) groups excluding carboxylic acids is 1. The number of ether oxygens (including phenoxy) is 1. The van der Waals surface area contributed by atoms with Gasteiger partial charge in [0.1, 0.15) is 17.2 Å². The predicted octanol–water partition coefficient (Wildman–Crippen LogP) is 2.42. The maximum absolute atomic E-state index is 12.3. The Morgan fingerprint density at radius 1 is 1.45 bits per heavy atom. The van der Waals surface area contributed by atoms with Crippen molar-refractivity contribution in [3.05, 3.63) is 27.1 Å². The van der Waals surface area contributed by atoms with Crippen molar-refractivity contribution in [2.24, 2.45) is 0 Å². The molecule has 0 amide bonds. The van der Waals surface area contributed by atoms with E-state index in [1.807, 2.05) is 19.9 Å². The minimum atomic E-state index is -0.392. The average Bonchev–Trinajstić information content (AvgIpc) is 2.75. The molecule has 6 heteroatoms. The van der Waals surface area contributed by atoms with Crippen LogP contribution in [0.25, 0.3) is 10.2 Å². The molecule has 2 heterocycles. The highest BCUT2D eigenvalue weighted by molar-refractivity contribution is 7.18. The Labute approximate surface area is 121 Å². The lowest BCUT2D eigenvalue weighted by Gasteiger charge is -2.09. The van der Waals surface area contributed by atoms with Crippen LogP contribution in [0.2, 0.25) is 0 Å². The number of unbranched alkanes of at least 4 members (excludes halogenated alkanes) is 1. The molecule has 0 atom stereocenters. The molecule has 20 heavy (non-hydrogen) atoms. The second-order valence-electron chi connectivity index (χ2n) is 4.70. The fourth-order valence-electron chi connectivity index (χ4n) is 1.93. The third-order valence-corrected chi connectivity index (χ3v) is 3.96. The van der Waals surface area contributed by atoms with Gasteiger partial charge in [0.15, 0.2) is 0 Å². The van der Waals surface area contributed by atoms with Crippen molar-refractivity contribution < 1.29 is 9.53 Å². The van der Waals surface area contributed by atoms with Crippen LogP contribution in [0.5, 0.6) is 0 Å². The second-order valence-corrected chi connectivity index (χ2v) is 5.93. The number of hydrogen-bond donors (Lipinski definition) is 0. The molecular weight excluding hydrogens is 276 g/mol. The molecule has 0 aromatic carbocycles. The first-order valence-electron chi connectivity index (χ1n) is 6.66. The number of carbonyl (C=O) groups is 1. The Kier molecular flexibility index (Phi) is 4.54. The number of hydrogen-bond acceptors (Lipinski definition) is 5. The SMILES string of the molecule is CCCCOC(=O)Cn1c(C)nc2sc(C)cc2c1=O. The quantitative estimate of drug-likeness (QED) is 0.627. The van der Waals surface area contributed by atoms with E-state index in [2.05, 4.69) is 4.98 Å². The highest BCUT2D eigenvalue weighted by Gasteiger charge is 2.13. The fraction of sp³-hybridized carbons (Fsp3) is 0.500. The van der Waals surface area contributed by atoms with E-state index in [0.717, 1.165) is 22.5 Å². The van der Waals surface area contributed by atoms with Crippen LogP contribution < -0.4 is 5.56 Å². The van der Waals surface area contributed by atoms with Crippen molar-refractivity contribution in [1.82, 2.24) is 9.55 Å².